The molecule has 0 saturated carbocycles. The fourth-order valence-corrected chi connectivity index (χ4v) is 4.99. The zero-order valence-corrected chi connectivity index (χ0v) is 20.3. The molecule has 1 fully saturated rings. The van der Waals surface area contributed by atoms with Gasteiger partial charge < -0.3 is 9.47 Å². The van der Waals surface area contributed by atoms with Crippen LogP contribution in [-0.2, 0) is 12.7 Å². The van der Waals surface area contributed by atoms with Gasteiger partial charge in [-0.25, -0.2) is 8.78 Å². The van der Waals surface area contributed by atoms with Gasteiger partial charge in [0, 0.05) is 50.2 Å². The number of benzene rings is 3. The van der Waals surface area contributed by atoms with Gasteiger partial charge in [0.15, 0.2) is 0 Å². The van der Waals surface area contributed by atoms with E-state index in [9.17, 15) is 22.0 Å². The number of aryl methyl sites for hydroxylation is 1. The van der Waals surface area contributed by atoms with Crippen molar-refractivity contribution in [3.63, 3.8) is 0 Å². The maximum Gasteiger partial charge on any atom is 0.416 e. The molecule has 8 heteroatoms. The van der Waals surface area contributed by atoms with E-state index < -0.39 is 23.4 Å². The number of halogens is 5. The highest BCUT2D eigenvalue weighted by Crippen LogP contribution is 2.34. The second-order valence-corrected chi connectivity index (χ2v) is 9.27. The van der Waals surface area contributed by atoms with Crippen LogP contribution in [0.3, 0.4) is 0 Å². The van der Waals surface area contributed by atoms with Crippen LogP contribution < -0.4 is 4.90 Å². The molecule has 37 heavy (non-hydrogen) atoms. The number of aromatic nitrogens is 1. The summed E-state index contributed by atoms with van der Waals surface area (Å²) in [5.74, 6) is -1.27. The molecule has 0 unspecified atom stereocenters. The van der Waals surface area contributed by atoms with E-state index >= 15 is 0 Å². The summed E-state index contributed by atoms with van der Waals surface area (Å²) in [4.78, 5) is 4.21. The van der Waals surface area contributed by atoms with Crippen LogP contribution in [0.15, 0.2) is 78.9 Å². The van der Waals surface area contributed by atoms with Crippen LogP contribution in [0.2, 0.25) is 0 Å². The van der Waals surface area contributed by atoms with E-state index in [0.717, 1.165) is 34.6 Å². The third kappa shape index (κ3) is 5.25. The number of anilines is 1. The lowest BCUT2D eigenvalue weighted by Crippen LogP contribution is -2.46. The van der Waals surface area contributed by atoms with E-state index in [1.54, 1.807) is 6.07 Å². The zero-order valence-electron chi connectivity index (χ0n) is 20.3. The summed E-state index contributed by atoms with van der Waals surface area (Å²) in [5.41, 5.74) is 3.76. The largest absolute Gasteiger partial charge is 0.416 e. The molecule has 1 saturated heterocycles. The Morgan fingerprint density at radius 2 is 1.51 bits per heavy atom. The number of rotatable bonds is 5. The first-order valence-electron chi connectivity index (χ1n) is 12.1. The average molecular weight is 512 g/mol. The van der Waals surface area contributed by atoms with Gasteiger partial charge in [0.25, 0.3) is 0 Å². The van der Waals surface area contributed by atoms with Crippen LogP contribution >= 0.6 is 0 Å². The minimum atomic E-state index is -4.37. The van der Waals surface area contributed by atoms with E-state index in [-0.39, 0.29) is 5.69 Å². The molecular formula is C29H26F5N3. The molecule has 0 N–H and O–H groups in total. The Bertz CT molecular complexity index is 1390. The highest BCUT2D eigenvalue weighted by atomic mass is 19.4. The fraction of sp³-hybridized carbons (Fsp3) is 0.241. The maximum absolute atomic E-state index is 14.8. The molecular weight excluding hydrogens is 485 g/mol. The Kier molecular flexibility index (Phi) is 6.77. The molecule has 3 aromatic carbocycles. The molecule has 0 amide bonds. The summed E-state index contributed by atoms with van der Waals surface area (Å²) in [6, 6.07) is 20.7. The van der Waals surface area contributed by atoms with E-state index in [2.05, 4.69) is 4.90 Å². The van der Waals surface area contributed by atoms with Crippen molar-refractivity contribution in [2.24, 2.45) is 0 Å². The van der Waals surface area contributed by atoms with Crippen LogP contribution in [-0.4, -0.2) is 35.6 Å². The highest BCUT2D eigenvalue weighted by Gasteiger charge is 2.31. The van der Waals surface area contributed by atoms with Gasteiger partial charge in [-0.2, -0.15) is 13.2 Å². The van der Waals surface area contributed by atoms with E-state index in [1.165, 1.54) is 24.3 Å². The lowest BCUT2D eigenvalue weighted by Gasteiger charge is -2.36. The zero-order chi connectivity index (χ0) is 26.2. The molecule has 0 aliphatic carbocycles. The summed E-state index contributed by atoms with van der Waals surface area (Å²) in [7, 11) is 0. The molecule has 0 spiro atoms. The summed E-state index contributed by atoms with van der Waals surface area (Å²) < 4.78 is 69.7. The van der Waals surface area contributed by atoms with E-state index in [4.69, 9.17) is 0 Å². The van der Waals surface area contributed by atoms with E-state index in [0.29, 0.717) is 38.4 Å². The second kappa shape index (κ2) is 10.0. The van der Waals surface area contributed by atoms with Crippen LogP contribution in [0.4, 0.5) is 27.6 Å². The molecule has 0 atom stereocenters. The topological polar surface area (TPSA) is 11.4 Å². The van der Waals surface area contributed by atoms with Gasteiger partial charge >= 0.3 is 6.18 Å². The standard InChI is InChI=1S/C29H26F5N3/c1-20-16-22(19-35-12-14-36(15-13-35)25-9-5-8-23(17-25)29(32,33)34)28(21-6-3-2-4-7-21)37(20)27-11-10-24(30)18-26(27)31/h2-11,16-18H,12-15,19H2,1H3. The predicted octanol–water partition coefficient (Wildman–Crippen LogP) is 7.07. The van der Waals surface area contributed by atoms with Crippen molar-refractivity contribution in [3.05, 3.63) is 107 Å². The SMILES string of the molecule is Cc1cc(CN2CCN(c3cccc(C(F)(F)F)c3)CC2)c(-c2ccccc2)n1-c1ccc(F)cc1F. The summed E-state index contributed by atoms with van der Waals surface area (Å²) >= 11 is 0. The Hall–Kier alpha value is -3.65. The van der Waals surface area contributed by atoms with Gasteiger partial charge in [0.1, 0.15) is 11.6 Å². The number of hydrogen-bond donors (Lipinski definition) is 0. The van der Waals surface area contributed by atoms with Crippen molar-refractivity contribution in [1.82, 2.24) is 9.47 Å². The molecule has 4 aromatic rings. The maximum atomic E-state index is 14.8. The molecule has 2 heterocycles. The van der Waals surface area contributed by atoms with Crippen LogP contribution in [0, 0.1) is 18.6 Å². The first-order valence-corrected chi connectivity index (χ1v) is 12.1. The minimum absolute atomic E-state index is 0.276. The Balaban J connectivity index is 1.40. The number of nitrogens with zero attached hydrogens (tertiary/aromatic N) is 3. The minimum Gasteiger partial charge on any atom is -0.369 e. The lowest BCUT2D eigenvalue weighted by molar-refractivity contribution is -0.137. The number of hydrogen-bond acceptors (Lipinski definition) is 2. The lowest BCUT2D eigenvalue weighted by atomic mass is 10.1. The van der Waals surface area contributed by atoms with Gasteiger partial charge in [-0.3, -0.25) is 4.90 Å². The molecule has 3 nitrogen and oxygen atoms in total. The molecule has 0 bridgehead atoms. The van der Waals surface area contributed by atoms with Crippen LogP contribution in [0.25, 0.3) is 16.9 Å². The van der Waals surface area contributed by atoms with Gasteiger partial charge in [-0.05, 0) is 54.4 Å². The highest BCUT2D eigenvalue weighted by molar-refractivity contribution is 5.68. The van der Waals surface area contributed by atoms with Gasteiger partial charge in [-0.15, -0.1) is 0 Å². The average Bonchev–Trinajstić information content (AvgIpc) is 3.19. The van der Waals surface area contributed by atoms with Crippen molar-refractivity contribution >= 4 is 5.69 Å². The fourth-order valence-electron chi connectivity index (χ4n) is 4.99. The molecule has 0 radical (unpaired) electrons. The van der Waals surface area contributed by atoms with Crippen molar-refractivity contribution in [2.45, 2.75) is 19.6 Å². The summed E-state index contributed by atoms with van der Waals surface area (Å²) in [6.45, 7) is 5.00. The summed E-state index contributed by atoms with van der Waals surface area (Å²) in [6.07, 6.45) is -4.37. The van der Waals surface area contributed by atoms with Crippen molar-refractivity contribution in [2.75, 3.05) is 31.1 Å². The van der Waals surface area contributed by atoms with Crippen molar-refractivity contribution in [1.29, 1.82) is 0 Å². The molecule has 1 aliphatic heterocycles. The Morgan fingerprint density at radius 3 is 2.19 bits per heavy atom. The molecule has 1 aliphatic rings. The van der Waals surface area contributed by atoms with Crippen LogP contribution in [0.1, 0.15) is 16.8 Å². The van der Waals surface area contributed by atoms with Gasteiger partial charge in [0.2, 0.25) is 0 Å². The smallest absolute Gasteiger partial charge is 0.369 e. The predicted molar refractivity (Wildman–Crippen MR) is 135 cm³/mol. The monoisotopic (exact) mass is 511 g/mol. The van der Waals surface area contributed by atoms with E-state index in [1.807, 2.05) is 52.8 Å². The molecule has 5 rings (SSSR count). The summed E-state index contributed by atoms with van der Waals surface area (Å²) in [5, 5.41) is 0. The van der Waals surface area contributed by atoms with Crippen LogP contribution in [0.5, 0.6) is 0 Å². The van der Waals surface area contributed by atoms with Gasteiger partial charge in [-0.1, -0.05) is 36.4 Å². The normalized spacial score (nSPS) is 14.8. The molecule has 1 aromatic heterocycles. The Morgan fingerprint density at radius 1 is 0.784 bits per heavy atom. The number of alkyl halides is 3. The van der Waals surface area contributed by atoms with Crippen molar-refractivity contribution in [3.8, 4) is 16.9 Å². The second-order valence-electron chi connectivity index (χ2n) is 9.27. The first-order chi connectivity index (χ1) is 17.7. The van der Waals surface area contributed by atoms with Gasteiger partial charge in [0.05, 0.1) is 16.9 Å². The third-order valence-electron chi connectivity index (χ3n) is 6.77. The molecule has 192 valence electrons. The third-order valence-corrected chi connectivity index (χ3v) is 6.77. The number of piperazine rings is 1. The Labute approximate surface area is 212 Å². The van der Waals surface area contributed by atoms with Crippen molar-refractivity contribution < 1.29 is 22.0 Å². The first kappa shape index (κ1) is 25.0. The quantitative estimate of drug-likeness (QED) is 0.266.